The Kier molecular flexibility index (Phi) is 7.35. The first kappa shape index (κ1) is 15.2. The molecule has 1 rings (SSSR count). The molecule has 3 N–H and O–H groups in total. The second kappa shape index (κ2) is 9.16. The Hall–Kier alpha value is -1.81. The molecule has 0 aromatic heterocycles. The Morgan fingerprint density at radius 3 is 2.74 bits per heavy atom. The van der Waals surface area contributed by atoms with Gasteiger partial charge in [0.15, 0.2) is 5.96 Å². The molecule has 0 bridgehead atoms. The van der Waals surface area contributed by atoms with Gasteiger partial charge in [-0.15, -0.1) is 6.58 Å². The summed E-state index contributed by atoms with van der Waals surface area (Å²) in [6.07, 6.45) is 1.92. The second-order valence-electron chi connectivity index (χ2n) is 4.15. The second-order valence-corrected chi connectivity index (χ2v) is 4.15. The van der Waals surface area contributed by atoms with Crippen LogP contribution in [0.4, 0.5) is 0 Å². The van der Waals surface area contributed by atoms with E-state index in [4.69, 9.17) is 0 Å². The number of aliphatic imine (C=N–C) groups is 1. The molecule has 4 heteroatoms. The number of benzene rings is 1. The molecule has 104 valence electrons. The fraction of sp³-hybridized carbons (Fsp3) is 0.400. The first-order valence-corrected chi connectivity index (χ1v) is 6.64. The zero-order valence-corrected chi connectivity index (χ0v) is 11.5. The van der Waals surface area contributed by atoms with Gasteiger partial charge in [-0.3, -0.25) is 4.99 Å². The van der Waals surface area contributed by atoms with Crippen molar-refractivity contribution in [1.29, 1.82) is 0 Å². The third-order valence-corrected chi connectivity index (χ3v) is 2.61. The van der Waals surface area contributed by atoms with Crippen molar-refractivity contribution >= 4 is 5.96 Å². The first-order chi connectivity index (χ1) is 9.27. The predicted octanol–water partition coefficient (Wildman–Crippen LogP) is 1.85. The van der Waals surface area contributed by atoms with Crippen molar-refractivity contribution in [3.05, 3.63) is 48.6 Å². The molecule has 1 aromatic carbocycles. The quantitative estimate of drug-likeness (QED) is 0.399. The number of hydrogen-bond donors (Lipinski definition) is 3. The van der Waals surface area contributed by atoms with E-state index in [-0.39, 0.29) is 0 Å². The van der Waals surface area contributed by atoms with Crippen molar-refractivity contribution in [3.63, 3.8) is 0 Å². The van der Waals surface area contributed by atoms with Crippen LogP contribution < -0.4 is 10.6 Å². The molecule has 1 aromatic rings. The molecule has 0 saturated heterocycles. The molecule has 19 heavy (non-hydrogen) atoms. The maximum absolute atomic E-state index is 10.0. The average Bonchev–Trinajstić information content (AvgIpc) is 2.45. The van der Waals surface area contributed by atoms with Crippen LogP contribution in [0.5, 0.6) is 0 Å². The lowest BCUT2D eigenvalue weighted by Gasteiger charge is -2.11. The van der Waals surface area contributed by atoms with Gasteiger partial charge in [0.1, 0.15) is 0 Å². The Labute approximate surface area is 115 Å². The lowest BCUT2D eigenvalue weighted by molar-refractivity contribution is 0.170. The molecule has 0 spiro atoms. The fourth-order valence-electron chi connectivity index (χ4n) is 1.65. The Morgan fingerprint density at radius 2 is 2.11 bits per heavy atom. The largest absolute Gasteiger partial charge is 0.388 e. The minimum atomic E-state index is -0.466. The molecule has 0 amide bonds. The van der Waals surface area contributed by atoms with Crippen molar-refractivity contribution < 1.29 is 5.11 Å². The number of aliphatic hydroxyl groups is 1. The number of nitrogens with one attached hydrogen (secondary N) is 2. The minimum absolute atomic E-state index is 0.466. The van der Waals surface area contributed by atoms with Crippen LogP contribution in [0, 0.1) is 0 Å². The van der Waals surface area contributed by atoms with Gasteiger partial charge < -0.3 is 15.7 Å². The fourth-order valence-corrected chi connectivity index (χ4v) is 1.65. The average molecular weight is 261 g/mol. The number of aliphatic hydroxyl groups excluding tert-OH is 1. The summed E-state index contributed by atoms with van der Waals surface area (Å²) in [6.45, 7) is 7.73. The lowest BCUT2D eigenvalue weighted by Crippen LogP contribution is -2.37. The highest BCUT2D eigenvalue weighted by Gasteiger charge is 2.05. The van der Waals surface area contributed by atoms with E-state index in [1.807, 2.05) is 37.3 Å². The number of guanidine groups is 1. The highest BCUT2D eigenvalue weighted by atomic mass is 16.3. The summed E-state index contributed by atoms with van der Waals surface area (Å²) in [5.74, 6) is 0.752. The molecule has 0 radical (unpaired) electrons. The number of rotatable bonds is 7. The SMILES string of the molecule is C=CCNC(=NCCC(O)c1ccccc1)NCC. The van der Waals surface area contributed by atoms with Crippen LogP contribution in [-0.2, 0) is 0 Å². The van der Waals surface area contributed by atoms with Gasteiger partial charge in [0.2, 0.25) is 0 Å². The number of hydrogen-bond acceptors (Lipinski definition) is 2. The van der Waals surface area contributed by atoms with E-state index in [1.54, 1.807) is 6.08 Å². The highest BCUT2D eigenvalue weighted by Crippen LogP contribution is 2.15. The molecule has 0 aliphatic rings. The van der Waals surface area contributed by atoms with Gasteiger partial charge in [0.05, 0.1) is 6.10 Å². The van der Waals surface area contributed by atoms with Gasteiger partial charge in [0.25, 0.3) is 0 Å². The van der Waals surface area contributed by atoms with E-state index < -0.39 is 6.10 Å². The summed E-state index contributed by atoms with van der Waals surface area (Å²) in [6, 6.07) is 9.65. The zero-order chi connectivity index (χ0) is 13.9. The third-order valence-electron chi connectivity index (χ3n) is 2.61. The van der Waals surface area contributed by atoms with Gasteiger partial charge in [-0.2, -0.15) is 0 Å². The topological polar surface area (TPSA) is 56.7 Å². The Morgan fingerprint density at radius 1 is 1.37 bits per heavy atom. The van der Waals surface area contributed by atoms with Crippen LogP contribution in [0.2, 0.25) is 0 Å². The van der Waals surface area contributed by atoms with Gasteiger partial charge in [-0.25, -0.2) is 0 Å². The standard InChI is InChI=1S/C15H23N3O/c1-3-11-17-15(16-4-2)18-12-10-14(19)13-8-6-5-7-9-13/h3,5-9,14,19H,1,4,10-12H2,2H3,(H2,16,17,18). The molecule has 0 saturated carbocycles. The summed E-state index contributed by atoms with van der Waals surface area (Å²) in [5.41, 5.74) is 0.932. The van der Waals surface area contributed by atoms with Gasteiger partial charge in [-0.1, -0.05) is 36.4 Å². The van der Waals surface area contributed by atoms with Crippen LogP contribution in [0.3, 0.4) is 0 Å². The van der Waals surface area contributed by atoms with Gasteiger partial charge in [-0.05, 0) is 18.9 Å². The van der Waals surface area contributed by atoms with E-state index in [9.17, 15) is 5.11 Å². The van der Waals surface area contributed by atoms with Crippen LogP contribution >= 0.6 is 0 Å². The predicted molar refractivity (Wildman–Crippen MR) is 80.2 cm³/mol. The molecule has 0 aliphatic carbocycles. The highest BCUT2D eigenvalue weighted by molar-refractivity contribution is 5.79. The normalized spacial score (nSPS) is 12.8. The maximum Gasteiger partial charge on any atom is 0.191 e. The van der Waals surface area contributed by atoms with E-state index >= 15 is 0 Å². The van der Waals surface area contributed by atoms with E-state index in [0.717, 1.165) is 18.1 Å². The zero-order valence-electron chi connectivity index (χ0n) is 11.5. The van der Waals surface area contributed by atoms with Crippen LogP contribution in [0.15, 0.2) is 48.0 Å². The van der Waals surface area contributed by atoms with Crippen molar-refractivity contribution in [2.75, 3.05) is 19.6 Å². The Balaban J connectivity index is 2.43. The monoisotopic (exact) mass is 261 g/mol. The Bertz CT molecular complexity index is 390. The van der Waals surface area contributed by atoms with Crippen molar-refractivity contribution in [3.8, 4) is 0 Å². The molecule has 0 heterocycles. The molecule has 0 aliphatic heterocycles. The van der Waals surface area contributed by atoms with E-state index in [0.29, 0.717) is 19.5 Å². The third kappa shape index (κ3) is 6.06. The molecule has 0 fully saturated rings. The van der Waals surface area contributed by atoms with Crippen molar-refractivity contribution in [2.45, 2.75) is 19.4 Å². The molecule has 1 atom stereocenters. The summed E-state index contributed by atoms with van der Waals surface area (Å²) in [7, 11) is 0. The van der Waals surface area contributed by atoms with Crippen LogP contribution in [0.1, 0.15) is 25.0 Å². The summed E-state index contributed by atoms with van der Waals surface area (Å²) < 4.78 is 0. The number of nitrogens with zero attached hydrogens (tertiary/aromatic N) is 1. The summed E-state index contributed by atoms with van der Waals surface area (Å²) in [4.78, 5) is 4.40. The smallest absolute Gasteiger partial charge is 0.191 e. The molecule has 4 nitrogen and oxygen atoms in total. The summed E-state index contributed by atoms with van der Waals surface area (Å²) >= 11 is 0. The lowest BCUT2D eigenvalue weighted by atomic mass is 10.1. The van der Waals surface area contributed by atoms with E-state index in [1.165, 1.54) is 0 Å². The van der Waals surface area contributed by atoms with Crippen LogP contribution in [0.25, 0.3) is 0 Å². The van der Waals surface area contributed by atoms with Crippen molar-refractivity contribution in [2.24, 2.45) is 4.99 Å². The van der Waals surface area contributed by atoms with Crippen molar-refractivity contribution in [1.82, 2.24) is 10.6 Å². The van der Waals surface area contributed by atoms with E-state index in [2.05, 4.69) is 22.2 Å². The van der Waals surface area contributed by atoms with Gasteiger partial charge in [0, 0.05) is 19.6 Å². The molecular weight excluding hydrogens is 238 g/mol. The maximum atomic E-state index is 10.0. The van der Waals surface area contributed by atoms with Gasteiger partial charge >= 0.3 is 0 Å². The summed E-state index contributed by atoms with van der Waals surface area (Å²) in [5, 5.41) is 16.3. The minimum Gasteiger partial charge on any atom is -0.388 e. The molecular formula is C15H23N3O. The molecule has 1 unspecified atom stereocenters. The first-order valence-electron chi connectivity index (χ1n) is 6.64. The van der Waals surface area contributed by atoms with Crippen LogP contribution in [-0.4, -0.2) is 30.7 Å².